The van der Waals surface area contributed by atoms with Crippen molar-refractivity contribution >= 4 is 15.9 Å². The van der Waals surface area contributed by atoms with Crippen LogP contribution in [0.1, 0.15) is 31.4 Å². The van der Waals surface area contributed by atoms with Gasteiger partial charge in [0.25, 0.3) is 0 Å². The molecule has 18 heavy (non-hydrogen) atoms. The standard InChI is InChI=1S/C14H22BrNO2/c1-4-9-18-14-6-5-11(15)10-12(14)13(7-8-17)16(2)3/h5-6,10,13,17H,4,7-9H2,1-3H3. The van der Waals surface area contributed by atoms with Gasteiger partial charge in [-0.3, -0.25) is 0 Å². The molecule has 0 fully saturated rings. The van der Waals surface area contributed by atoms with Crippen LogP contribution >= 0.6 is 15.9 Å². The number of rotatable bonds is 7. The average Bonchev–Trinajstić information content (AvgIpc) is 2.34. The van der Waals surface area contributed by atoms with E-state index in [2.05, 4.69) is 33.8 Å². The number of hydrogen-bond acceptors (Lipinski definition) is 3. The van der Waals surface area contributed by atoms with E-state index in [-0.39, 0.29) is 12.6 Å². The lowest BCUT2D eigenvalue weighted by atomic mass is 10.0. The summed E-state index contributed by atoms with van der Waals surface area (Å²) in [4.78, 5) is 2.11. The van der Waals surface area contributed by atoms with Crippen molar-refractivity contribution in [2.45, 2.75) is 25.8 Å². The van der Waals surface area contributed by atoms with E-state index in [1.54, 1.807) is 0 Å². The van der Waals surface area contributed by atoms with Crippen LogP contribution in [0.3, 0.4) is 0 Å². The Morgan fingerprint density at radius 2 is 2.11 bits per heavy atom. The second kappa shape index (κ2) is 7.77. The van der Waals surface area contributed by atoms with Crippen LogP contribution in [0.15, 0.2) is 22.7 Å². The van der Waals surface area contributed by atoms with Gasteiger partial charge in [-0.25, -0.2) is 0 Å². The topological polar surface area (TPSA) is 32.7 Å². The average molecular weight is 316 g/mol. The molecule has 1 aromatic carbocycles. The summed E-state index contributed by atoms with van der Waals surface area (Å²) in [5, 5.41) is 9.20. The van der Waals surface area contributed by atoms with Gasteiger partial charge in [0.15, 0.2) is 0 Å². The number of hydrogen-bond donors (Lipinski definition) is 1. The van der Waals surface area contributed by atoms with Crippen LogP contribution in [0.25, 0.3) is 0 Å². The Labute approximate surface area is 118 Å². The molecule has 0 aliphatic heterocycles. The first-order valence-corrected chi connectivity index (χ1v) is 7.09. The molecule has 0 aliphatic rings. The lowest BCUT2D eigenvalue weighted by Crippen LogP contribution is -2.22. The van der Waals surface area contributed by atoms with E-state index in [9.17, 15) is 5.11 Å². The molecule has 0 aliphatic carbocycles. The van der Waals surface area contributed by atoms with Gasteiger partial charge in [-0.2, -0.15) is 0 Å². The lowest BCUT2D eigenvalue weighted by Gasteiger charge is -2.26. The van der Waals surface area contributed by atoms with Gasteiger partial charge in [-0.05, 0) is 45.1 Å². The maximum absolute atomic E-state index is 9.20. The molecule has 1 rings (SSSR count). The highest BCUT2D eigenvalue weighted by molar-refractivity contribution is 9.10. The first kappa shape index (κ1) is 15.5. The summed E-state index contributed by atoms with van der Waals surface area (Å²) in [6.07, 6.45) is 1.69. The number of halogens is 1. The number of aliphatic hydroxyl groups excluding tert-OH is 1. The summed E-state index contributed by atoms with van der Waals surface area (Å²) in [7, 11) is 4.04. The van der Waals surface area contributed by atoms with Gasteiger partial charge in [-0.15, -0.1) is 0 Å². The molecule has 0 saturated carbocycles. The number of ether oxygens (including phenoxy) is 1. The summed E-state index contributed by atoms with van der Waals surface area (Å²) in [6, 6.07) is 6.22. The second-order valence-electron chi connectivity index (χ2n) is 4.52. The first-order chi connectivity index (χ1) is 8.60. The Morgan fingerprint density at radius 1 is 1.39 bits per heavy atom. The number of benzene rings is 1. The monoisotopic (exact) mass is 315 g/mol. The van der Waals surface area contributed by atoms with E-state index < -0.39 is 0 Å². The van der Waals surface area contributed by atoms with Crippen molar-refractivity contribution in [3.63, 3.8) is 0 Å². The van der Waals surface area contributed by atoms with Crippen LogP contribution in [0.5, 0.6) is 5.75 Å². The van der Waals surface area contributed by atoms with Gasteiger partial charge < -0.3 is 14.7 Å². The van der Waals surface area contributed by atoms with E-state index >= 15 is 0 Å². The zero-order chi connectivity index (χ0) is 13.5. The van der Waals surface area contributed by atoms with Crippen LogP contribution < -0.4 is 4.74 Å². The van der Waals surface area contributed by atoms with E-state index in [0.29, 0.717) is 13.0 Å². The second-order valence-corrected chi connectivity index (χ2v) is 5.44. The SMILES string of the molecule is CCCOc1ccc(Br)cc1C(CCO)N(C)C. The number of aliphatic hydroxyl groups is 1. The maximum atomic E-state index is 9.20. The highest BCUT2D eigenvalue weighted by atomic mass is 79.9. The third-order valence-electron chi connectivity index (χ3n) is 2.82. The largest absolute Gasteiger partial charge is 0.493 e. The summed E-state index contributed by atoms with van der Waals surface area (Å²) >= 11 is 3.50. The molecule has 3 nitrogen and oxygen atoms in total. The van der Waals surface area contributed by atoms with Crippen molar-refractivity contribution in [1.29, 1.82) is 0 Å². The van der Waals surface area contributed by atoms with Crippen LogP contribution in [0.2, 0.25) is 0 Å². The van der Waals surface area contributed by atoms with Gasteiger partial charge in [0.2, 0.25) is 0 Å². The molecule has 1 atom stereocenters. The van der Waals surface area contributed by atoms with E-state index in [0.717, 1.165) is 22.2 Å². The Morgan fingerprint density at radius 3 is 2.67 bits per heavy atom. The van der Waals surface area contributed by atoms with Gasteiger partial charge >= 0.3 is 0 Å². The van der Waals surface area contributed by atoms with Gasteiger partial charge in [0, 0.05) is 22.7 Å². The van der Waals surface area contributed by atoms with Crippen LogP contribution in [0.4, 0.5) is 0 Å². The zero-order valence-electron chi connectivity index (χ0n) is 11.3. The number of nitrogens with zero attached hydrogens (tertiary/aromatic N) is 1. The summed E-state index contributed by atoms with van der Waals surface area (Å²) in [5.41, 5.74) is 1.12. The molecule has 102 valence electrons. The highest BCUT2D eigenvalue weighted by Gasteiger charge is 2.18. The Kier molecular flexibility index (Phi) is 6.68. The fourth-order valence-electron chi connectivity index (χ4n) is 1.94. The van der Waals surface area contributed by atoms with Crippen molar-refractivity contribution in [3.8, 4) is 5.75 Å². The highest BCUT2D eigenvalue weighted by Crippen LogP contribution is 2.33. The minimum atomic E-state index is 0.166. The lowest BCUT2D eigenvalue weighted by molar-refractivity contribution is 0.205. The predicted octanol–water partition coefficient (Wildman–Crippen LogP) is 3.22. The molecule has 0 amide bonds. The minimum absolute atomic E-state index is 0.166. The molecule has 0 saturated heterocycles. The van der Waals surface area contributed by atoms with Gasteiger partial charge in [0.1, 0.15) is 5.75 Å². The first-order valence-electron chi connectivity index (χ1n) is 6.29. The molecule has 1 aromatic rings. The minimum Gasteiger partial charge on any atom is -0.493 e. The molecule has 4 heteroatoms. The summed E-state index contributed by atoms with van der Waals surface area (Å²) < 4.78 is 6.82. The van der Waals surface area contributed by atoms with Crippen LogP contribution in [0, 0.1) is 0 Å². The van der Waals surface area contributed by atoms with Crippen LogP contribution in [-0.2, 0) is 0 Å². The summed E-state index contributed by atoms with van der Waals surface area (Å²) in [6.45, 7) is 2.98. The Bertz CT molecular complexity index is 369. The van der Waals surface area contributed by atoms with E-state index in [1.807, 2.05) is 26.2 Å². The van der Waals surface area contributed by atoms with Crippen molar-refractivity contribution in [2.75, 3.05) is 27.3 Å². The maximum Gasteiger partial charge on any atom is 0.124 e. The molecular weight excluding hydrogens is 294 g/mol. The molecule has 1 unspecified atom stereocenters. The Balaban J connectivity index is 3.04. The predicted molar refractivity (Wildman–Crippen MR) is 78.1 cm³/mol. The Hall–Kier alpha value is -0.580. The van der Waals surface area contributed by atoms with Gasteiger partial charge in [0.05, 0.1) is 6.61 Å². The molecule has 0 heterocycles. The van der Waals surface area contributed by atoms with Crippen molar-refractivity contribution in [3.05, 3.63) is 28.2 Å². The zero-order valence-corrected chi connectivity index (χ0v) is 12.9. The fourth-order valence-corrected chi connectivity index (χ4v) is 2.32. The smallest absolute Gasteiger partial charge is 0.124 e. The molecule has 0 spiro atoms. The van der Waals surface area contributed by atoms with Crippen molar-refractivity contribution in [2.24, 2.45) is 0 Å². The molecule has 1 N–H and O–H groups in total. The molecule has 0 bridgehead atoms. The molecule has 0 aromatic heterocycles. The van der Waals surface area contributed by atoms with Crippen LogP contribution in [-0.4, -0.2) is 37.3 Å². The summed E-state index contributed by atoms with van der Waals surface area (Å²) in [5.74, 6) is 0.909. The third-order valence-corrected chi connectivity index (χ3v) is 3.31. The van der Waals surface area contributed by atoms with Crippen molar-refractivity contribution in [1.82, 2.24) is 4.90 Å². The quantitative estimate of drug-likeness (QED) is 0.838. The van der Waals surface area contributed by atoms with E-state index in [1.165, 1.54) is 0 Å². The molecule has 0 radical (unpaired) electrons. The van der Waals surface area contributed by atoms with E-state index in [4.69, 9.17) is 4.74 Å². The fraction of sp³-hybridized carbons (Fsp3) is 0.571. The normalized spacial score (nSPS) is 12.8. The molecular formula is C14H22BrNO2. The van der Waals surface area contributed by atoms with Crippen molar-refractivity contribution < 1.29 is 9.84 Å². The third kappa shape index (κ3) is 4.26. The van der Waals surface area contributed by atoms with Gasteiger partial charge in [-0.1, -0.05) is 22.9 Å².